The number of ether oxygens (including phenoxy) is 4. The van der Waals surface area contributed by atoms with Gasteiger partial charge in [-0.3, -0.25) is 4.79 Å². The Morgan fingerprint density at radius 2 is 1.81 bits per heavy atom. The van der Waals surface area contributed by atoms with E-state index in [1.165, 1.54) is 21.3 Å². The van der Waals surface area contributed by atoms with Crippen molar-refractivity contribution in [2.45, 2.75) is 12.8 Å². The number of nitrogens with zero attached hydrogens (tertiary/aromatic N) is 1. The molecule has 0 saturated carbocycles. The number of hydrogen-bond acceptors (Lipinski definition) is 8. The Morgan fingerprint density at radius 1 is 1.08 bits per heavy atom. The molecule has 1 aromatic carbocycles. The number of hydrogen-bond donors (Lipinski definition) is 0. The van der Waals surface area contributed by atoms with Gasteiger partial charge in [0, 0.05) is 12.1 Å². The highest BCUT2D eigenvalue weighted by atomic mass is 16.5. The van der Waals surface area contributed by atoms with Crippen molar-refractivity contribution >= 4 is 23.6 Å². The molecule has 0 fully saturated rings. The summed E-state index contributed by atoms with van der Waals surface area (Å²) < 4.78 is 19.6. The van der Waals surface area contributed by atoms with Crippen molar-refractivity contribution < 1.29 is 33.3 Å². The number of benzene rings is 1. The van der Waals surface area contributed by atoms with Gasteiger partial charge in [0.1, 0.15) is 12.4 Å². The van der Waals surface area contributed by atoms with Gasteiger partial charge in [0.15, 0.2) is 0 Å². The first-order valence-corrected chi connectivity index (χ1v) is 7.92. The van der Waals surface area contributed by atoms with Gasteiger partial charge in [-0.25, -0.2) is 9.59 Å². The molecule has 0 unspecified atom stereocenters. The second-order valence-corrected chi connectivity index (χ2v) is 5.46. The lowest BCUT2D eigenvalue weighted by Crippen LogP contribution is -2.38. The Bertz CT molecular complexity index is 726. The molecule has 2 rings (SSSR count). The van der Waals surface area contributed by atoms with Crippen molar-refractivity contribution in [3.63, 3.8) is 0 Å². The average Bonchev–Trinajstić information content (AvgIpc) is 2.70. The molecule has 0 radical (unpaired) electrons. The molecule has 1 aliphatic heterocycles. The summed E-state index contributed by atoms with van der Waals surface area (Å²) in [5, 5.41) is 0. The van der Waals surface area contributed by atoms with Crippen molar-refractivity contribution in [3.05, 3.63) is 41.1 Å². The van der Waals surface area contributed by atoms with Crippen LogP contribution in [0, 0.1) is 0 Å². The molecule has 140 valence electrons. The van der Waals surface area contributed by atoms with Crippen LogP contribution < -0.4 is 4.90 Å². The van der Waals surface area contributed by atoms with Crippen LogP contribution in [0.25, 0.3) is 0 Å². The predicted molar refractivity (Wildman–Crippen MR) is 91.1 cm³/mol. The van der Waals surface area contributed by atoms with Crippen LogP contribution in [0.2, 0.25) is 0 Å². The lowest BCUT2D eigenvalue weighted by molar-refractivity contribution is -0.140. The molecular formula is C18H21NO7. The van der Waals surface area contributed by atoms with E-state index in [1.807, 2.05) is 12.1 Å². The largest absolute Gasteiger partial charge is 0.469 e. The third-order valence-electron chi connectivity index (χ3n) is 3.90. The van der Waals surface area contributed by atoms with E-state index in [4.69, 9.17) is 14.2 Å². The summed E-state index contributed by atoms with van der Waals surface area (Å²) >= 11 is 0. The summed E-state index contributed by atoms with van der Waals surface area (Å²) in [5.41, 5.74) is 1.68. The second-order valence-electron chi connectivity index (χ2n) is 5.46. The van der Waals surface area contributed by atoms with E-state index in [2.05, 4.69) is 4.74 Å². The lowest BCUT2D eigenvalue weighted by Gasteiger charge is -2.31. The van der Waals surface area contributed by atoms with E-state index in [9.17, 15) is 14.4 Å². The summed E-state index contributed by atoms with van der Waals surface area (Å²) in [6.45, 7) is 0.0288. The molecule has 8 heteroatoms. The number of rotatable bonds is 6. The zero-order valence-electron chi connectivity index (χ0n) is 14.9. The number of methoxy groups -OCH3 is 3. The highest BCUT2D eigenvalue weighted by molar-refractivity contribution is 6.03. The molecule has 0 saturated heterocycles. The molecule has 26 heavy (non-hydrogen) atoms. The molecule has 0 aliphatic carbocycles. The van der Waals surface area contributed by atoms with Gasteiger partial charge in [0.2, 0.25) is 0 Å². The number of aryl methyl sites for hydroxylation is 1. The Kier molecular flexibility index (Phi) is 6.74. The van der Waals surface area contributed by atoms with Crippen LogP contribution >= 0.6 is 0 Å². The fourth-order valence-electron chi connectivity index (χ4n) is 2.58. The normalized spacial score (nSPS) is 14.0. The first-order chi connectivity index (χ1) is 12.5. The Labute approximate surface area is 151 Å². The second kappa shape index (κ2) is 9.00. The van der Waals surface area contributed by atoms with Crippen molar-refractivity contribution in [1.29, 1.82) is 0 Å². The molecule has 8 nitrogen and oxygen atoms in total. The van der Waals surface area contributed by atoms with E-state index in [0.717, 1.165) is 5.56 Å². The fraction of sp³-hybridized carbons (Fsp3) is 0.389. The van der Waals surface area contributed by atoms with E-state index < -0.39 is 11.9 Å². The Morgan fingerprint density at radius 3 is 2.46 bits per heavy atom. The minimum absolute atomic E-state index is 0.0460. The van der Waals surface area contributed by atoms with Crippen LogP contribution in [0.15, 0.2) is 35.5 Å². The zero-order chi connectivity index (χ0) is 19.1. The topological polar surface area (TPSA) is 91.4 Å². The van der Waals surface area contributed by atoms with Crippen molar-refractivity contribution in [1.82, 2.24) is 0 Å². The average molecular weight is 363 g/mol. The molecule has 1 aliphatic rings. The first kappa shape index (κ1) is 19.5. The van der Waals surface area contributed by atoms with Gasteiger partial charge in [0.25, 0.3) is 0 Å². The minimum Gasteiger partial charge on any atom is -0.469 e. The van der Waals surface area contributed by atoms with Gasteiger partial charge < -0.3 is 23.8 Å². The van der Waals surface area contributed by atoms with Crippen molar-refractivity contribution in [3.8, 4) is 0 Å². The maximum atomic E-state index is 12.3. The van der Waals surface area contributed by atoms with Crippen LogP contribution in [0.4, 0.5) is 5.69 Å². The Hall–Kier alpha value is -2.87. The summed E-state index contributed by atoms with van der Waals surface area (Å²) in [4.78, 5) is 37.2. The van der Waals surface area contributed by atoms with Crippen molar-refractivity contribution in [2.75, 3.05) is 39.6 Å². The molecule has 0 N–H and O–H groups in total. The smallest absolute Gasteiger partial charge is 0.355 e. The number of esters is 3. The molecule has 1 aromatic rings. The molecule has 0 amide bonds. The fourth-order valence-corrected chi connectivity index (χ4v) is 2.58. The minimum atomic E-state index is -0.659. The highest BCUT2D eigenvalue weighted by Crippen LogP contribution is 2.27. The third-order valence-corrected chi connectivity index (χ3v) is 3.90. The number of carbonyl (C=O) groups is 3. The van der Waals surface area contributed by atoms with Gasteiger partial charge in [-0.2, -0.15) is 0 Å². The predicted octanol–water partition coefficient (Wildman–Crippen LogP) is 1.19. The molecule has 0 spiro atoms. The standard InChI is InChI=1S/C18H21NO7/c1-23-15(20)8-7-12-5-4-6-13(9-12)19-11-26-10-14(17(21)24-2)16(19)18(22)25-3/h4-6,9H,7-8,10-11H2,1-3H3. The molecule has 0 bridgehead atoms. The number of anilines is 1. The molecule has 0 atom stereocenters. The SMILES string of the molecule is COC(=O)CCc1cccc(N2COCC(C(=O)OC)=C2C(=O)OC)c1. The lowest BCUT2D eigenvalue weighted by atomic mass is 10.1. The Balaban J connectivity index is 2.37. The van der Waals surface area contributed by atoms with E-state index in [-0.39, 0.29) is 37.0 Å². The zero-order valence-corrected chi connectivity index (χ0v) is 14.9. The maximum Gasteiger partial charge on any atom is 0.355 e. The van der Waals surface area contributed by atoms with E-state index in [0.29, 0.717) is 12.1 Å². The first-order valence-electron chi connectivity index (χ1n) is 7.92. The molecule has 1 heterocycles. The quantitative estimate of drug-likeness (QED) is 0.550. The van der Waals surface area contributed by atoms with Gasteiger partial charge in [0.05, 0.1) is 33.5 Å². The van der Waals surface area contributed by atoms with E-state index >= 15 is 0 Å². The van der Waals surface area contributed by atoms with Crippen LogP contribution in [-0.4, -0.2) is 52.6 Å². The summed E-state index contributed by atoms with van der Waals surface area (Å²) in [5.74, 6) is -1.62. The van der Waals surface area contributed by atoms with Crippen LogP contribution in [0.1, 0.15) is 12.0 Å². The van der Waals surface area contributed by atoms with Gasteiger partial charge in [-0.1, -0.05) is 12.1 Å². The van der Waals surface area contributed by atoms with Gasteiger partial charge in [-0.05, 0) is 24.1 Å². The van der Waals surface area contributed by atoms with E-state index in [1.54, 1.807) is 17.0 Å². The highest BCUT2D eigenvalue weighted by Gasteiger charge is 2.32. The maximum absolute atomic E-state index is 12.3. The van der Waals surface area contributed by atoms with Crippen LogP contribution in [-0.2, 0) is 39.8 Å². The summed E-state index contributed by atoms with van der Waals surface area (Å²) in [6, 6.07) is 7.24. The third kappa shape index (κ3) is 4.40. The monoisotopic (exact) mass is 363 g/mol. The summed E-state index contributed by atoms with van der Waals surface area (Å²) in [6.07, 6.45) is 0.722. The number of carbonyl (C=O) groups excluding carboxylic acids is 3. The molecule has 0 aromatic heterocycles. The van der Waals surface area contributed by atoms with Gasteiger partial charge >= 0.3 is 17.9 Å². The summed E-state index contributed by atoms with van der Waals surface area (Å²) in [7, 11) is 3.81. The van der Waals surface area contributed by atoms with Crippen LogP contribution in [0.3, 0.4) is 0 Å². The van der Waals surface area contributed by atoms with Gasteiger partial charge in [-0.15, -0.1) is 0 Å². The van der Waals surface area contributed by atoms with Crippen molar-refractivity contribution in [2.24, 2.45) is 0 Å². The molecular weight excluding hydrogens is 342 g/mol. The van der Waals surface area contributed by atoms with Crippen LogP contribution in [0.5, 0.6) is 0 Å².